The van der Waals surface area contributed by atoms with Crippen LogP contribution in [0.15, 0.2) is 0 Å². The first-order valence-electron chi connectivity index (χ1n) is 7.73. The van der Waals surface area contributed by atoms with Gasteiger partial charge >= 0.3 is 5.97 Å². The molecule has 1 aromatic heterocycles. The van der Waals surface area contributed by atoms with Crippen LogP contribution in [0, 0.1) is 5.92 Å². The Hall–Kier alpha value is -1.10. The molecule has 5 heteroatoms. The summed E-state index contributed by atoms with van der Waals surface area (Å²) in [6.45, 7) is 1.10. The van der Waals surface area contributed by atoms with Crippen LogP contribution in [0.3, 0.4) is 0 Å². The first kappa shape index (κ1) is 12.6. The number of aryl methyl sites for hydroxylation is 1. The van der Waals surface area contributed by atoms with E-state index in [9.17, 15) is 9.90 Å². The van der Waals surface area contributed by atoms with Gasteiger partial charge in [0.05, 0.1) is 5.69 Å². The van der Waals surface area contributed by atoms with Crippen LogP contribution >= 0.6 is 11.3 Å². The van der Waals surface area contributed by atoms with Crippen LogP contribution in [0.4, 0.5) is 5.13 Å². The highest BCUT2D eigenvalue weighted by atomic mass is 32.1. The van der Waals surface area contributed by atoms with E-state index in [4.69, 9.17) is 4.98 Å². The fourth-order valence-corrected chi connectivity index (χ4v) is 5.49. The number of nitrogens with zero attached hydrogens (tertiary/aromatic N) is 2. The molecule has 1 N–H and O–H groups in total. The summed E-state index contributed by atoms with van der Waals surface area (Å²) in [7, 11) is 0. The van der Waals surface area contributed by atoms with Crippen LogP contribution in [0.5, 0.6) is 0 Å². The van der Waals surface area contributed by atoms with Gasteiger partial charge in [-0.2, -0.15) is 0 Å². The highest BCUT2D eigenvalue weighted by molar-refractivity contribution is 7.15. The number of carbonyl (C=O) groups is 1. The predicted octanol–water partition coefficient (Wildman–Crippen LogP) is 3.03. The van der Waals surface area contributed by atoms with Crippen molar-refractivity contribution in [2.45, 2.75) is 56.9 Å². The minimum Gasteiger partial charge on any atom is -0.481 e. The lowest BCUT2D eigenvalue weighted by Gasteiger charge is -2.37. The molecule has 2 fully saturated rings. The van der Waals surface area contributed by atoms with Gasteiger partial charge in [0.25, 0.3) is 0 Å². The van der Waals surface area contributed by atoms with Crippen LogP contribution in [0.25, 0.3) is 0 Å². The SMILES string of the molecule is O=C(O)C1CCc2sc(N3CCCC4CCCC43)nc21. The number of hydrogen-bond donors (Lipinski definition) is 1. The number of carboxylic acid groups (broad SMARTS) is 1. The molecule has 4 nitrogen and oxygen atoms in total. The fraction of sp³-hybridized carbons (Fsp3) is 0.733. The Bertz CT molecular complexity index is 542. The highest BCUT2D eigenvalue weighted by Crippen LogP contribution is 2.44. The lowest BCUT2D eigenvalue weighted by Crippen LogP contribution is -2.42. The minimum atomic E-state index is -0.710. The van der Waals surface area contributed by atoms with E-state index in [1.54, 1.807) is 11.3 Å². The predicted molar refractivity (Wildman–Crippen MR) is 78.5 cm³/mol. The van der Waals surface area contributed by atoms with Crippen molar-refractivity contribution in [3.8, 4) is 0 Å². The molecular formula is C15H20N2O2S. The number of aromatic nitrogens is 1. The summed E-state index contributed by atoms with van der Waals surface area (Å²) in [6.07, 6.45) is 8.25. The number of aliphatic carboxylic acids is 1. The van der Waals surface area contributed by atoms with Crippen molar-refractivity contribution < 1.29 is 9.90 Å². The molecule has 3 aliphatic rings. The van der Waals surface area contributed by atoms with Crippen molar-refractivity contribution in [2.24, 2.45) is 5.92 Å². The Balaban J connectivity index is 1.63. The summed E-state index contributed by atoms with van der Waals surface area (Å²) in [5.41, 5.74) is 0.859. The van der Waals surface area contributed by atoms with Crippen LogP contribution in [-0.2, 0) is 11.2 Å². The molecule has 20 heavy (non-hydrogen) atoms. The van der Waals surface area contributed by atoms with Crippen molar-refractivity contribution in [3.05, 3.63) is 10.6 Å². The summed E-state index contributed by atoms with van der Waals surface area (Å²) in [6, 6.07) is 0.665. The standard InChI is InChI=1S/C15H20N2O2S/c18-14(19)10-6-7-12-13(10)16-15(20-12)17-8-2-4-9-3-1-5-11(9)17/h9-11H,1-8H2,(H,18,19). The summed E-state index contributed by atoms with van der Waals surface area (Å²) in [5, 5.41) is 10.4. The number of fused-ring (bicyclic) bond motifs is 2. The summed E-state index contributed by atoms with van der Waals surface area (Å²) < 4.78 is 0. The molecule has 4 rings (SSSR count). The van der Waals surface area contributed by atoms with Crippen LogP contribution < -0.4 is 4.90 Å². The first-order valence-corrected chi connectivity index (χ1v) is 8.54. The topological polar surface area (TPSA) is 53.4 Å². The third-order valence-electron chi connectivity index (χ3n) is 5.24. The second-order valence-corrected chi connectivity index (χ2v) is 7.39. The maximum Gasteiger partial charge on any atom is 0.312 e. The van der Waals surface area contributed by atoms with Gasteiger partial charge in [0.2, 0.25) is 0 Å². The second-order valence-electron chi connectivity index (χ2n) is 6.33. The average Bonchev–Trinajstić information content (AvgIpc) is 3.11. The van der Waals surface area contributed by atoms with Crippen LogP contribution in [-0.4, -0.2) is 28.6 Å². The molecule has 1 aromatic rings. The quantitative estimate of drug-likeness (QED) is 0.910. The molecule has 3 atom stereocenters. The highest BCUT2D eigenvalue weighted by Gasteiger charge is 2.38. The Morgan fingerprint density at radius 3 is 2.95 bits per heavy atom. The van der Waals surface area contributed by atoms with E-state index in [1.165, 1.54) is 37.0 Å². The molecule has 2 aliphatic carbocycles. The molecule has 0 aromatic carbocycles. The van der Waals surface area contributed by atoms with Crippen molar-refractivity contribution >= 4 is 22.4 Å². The zero-order chi connectivity index (χ0) is 13.7. The Kier molecular flexibility index (Phi) is 2.98. The molecule has 0 amide bonds. The Morgan fingerprint density at radius 1 is 1.25 bits per heavy atom. The third-order valence-corrected chi connectivity index (χ3v) is 6.41. The van der Waals surface area contributed by atoms with Crippen molar-refractivity contribution in [2.75, 3.05) is 11.4 Å². The molecule has 1 saturated heterocycles. The lowest BCUT2D eigenvalue weighted by molar-refractivity contribution is -0.138. The number of carboxylic acids is 1. The summed E-state index contributed by atoms with van der Waals surface area (Å²) in [4.78, 5) is 19.7. The molecule has 2 heterocycles. The zero-order valence-electron chi connectivity index (χ0n) is 11.5. The normalized spacial score (nSPS) is 32.2. The van der Waals surface area contributed by atoms with E-state index in [-0.39, 0.29) is 5.92 Å². The van der Waals surface area contributed by atoms with Gasteiger partial charge in [0.15, 0.2) is 5.13 Å². The largest absolute Gasteiger partial charge is 0.481 e. The average molecular weight is 292 g/mol. The van der Waals surface area contributed by atoms with E-state index in [1.807, 2.05) is 0 Å². The molecule has 3 unspecified atom stereocenters. The van der Waals surface area contributed by atoms with E-state index in [0.29, 0.717) is 6.04 Å². The van der Waals surface area contributed by atoms with Gasteiger partial charge in [-0.15, -0.1) is 11.3 Å². The van der Waals surface area contributed by atoms with E-state index >= 15 is 0 Å². The van der Waals surface area contributed by atoms with Crippen LogP contribution in [0.1, 0.15) is 55.0 Å². The fourth-order valence-electron chi connectivity index (χ4n) is 4.27. The van der Waals surface area contributed by atoms with Gasteiger partial charge < -0.3 is 10.0 Å². The summed E-state index contributed by atoms with van der Waals surface area (Å²) in [5.74, 6) is -0.227. The van der Waals surface area contributed by atoms with Crippen LogP contribution in [0.2, 0.25) is 0 Å². The van der Waals surface area contributed by atoms with Gasteiger partial charge in [-0.3, -0.25) is 4.79 Å². The molecule has 1 saturated carbocycles. The smallest absolute Gasteiger partial charge is 0.312 e. The maximum absolute atomic E-state index is 11.3. The third kappa shape index (κ3) is 1.86. The lowest BCUT2D eigenvalue weighted by atomic mass is 9.92. The van der Waals surface area contributed by atoms with E-state index < -0.39 is 5.97 Å². The molecule has 1 aliphatic heterocycles. The second kappa shape index (κ2) is 4.72. The van der Waals surface area contributed by atoms with Crippen molar-refractivity contribution in [1.29, 1.82) is 0 Å². The van der Waals surface area contributed by atoms with Crippen molar-refractivity contribution in [3.63, 3.8) is 0 Å². The minimum absolute atomic E-state index is 0.362. The Labute approximate surface area is 122 Å². The Morgan fingerprint density at radius 2 is 2.10 bits per heavy atom. The number of hydrogen-bond acceptors (Lipinski definition) is 4. The molecular weight excluding hydrogens is 272 g/mol. The van der Waals surface area contributed by atoms with Gasteiger partial charge in [-0.25, -0.2) is 4.98 Å². The van der Waals surface area contributed by atoms with Gasteiger partial charge in [-0.05, 0) is 44.4 Å². The van der Waals surface area contributed by atoms with Gasteiger partial charge in [-0.1, -0.05) is 6.42 Å². The molecule has 0 radical (unpaired) electrons. The maximum atomic E-state index is 11.3. The van der Waals surface area contributed by atoms with Gasteiger partial charge in [0.1, 0.15) is 5.92 Å². The number of piperidine rings is 1. The molecule has 0 bridgehead atoms. The molecule has 0 spiro atoms. The zero-order valence-corrected chi connectivity index (χ0v) is 12.4. The number of rotatable bonds is 2. The van der Waals surface area contributed by atoms with Gasteiger partial charge in [0, 0.05) is 17.5 Å². The number of anilines is 1. The van der Waals surface area contributed by atoms with E-state index in [2.05, 4.69) is 4.90 Å². The first-order chi connectivity index (χ1) is 9.74. The summed E-state index contributed by atoms with van der Waals surface area (Å²) >= 11 is 1.75. The number of thiazole rings is 1. The molecule has 108 valence electrons. The van der Waals surface area contributed by atoms with Crippen molar-refractivity contribution in [1.82, 2.24) is 4.98 Å². The van der Waals surface area contributed by atoms with E-state index in [0.717, 1.165) is 36.1 Å². The monoisotopic (exact) mass is 292 g/mol.